The lowest BCUT2D eigenvalue weighted by Gasteiger charge is -2.39. The summed E-state index contributed by atoms with van der Waals surface area (Å²) >= 11 is 0. The van der Waals surface area contributed by atoms with Gasteiger partial charge in [0.2, 0.25) is 5.95 Å². The van der Waals surface area contributed by atoms with E-state index in [4.69, 9.17) is 14.5 Å². The first-order chi connectivity index (χ1) is 14.6. The molecule has 8 heteroatoms. The number of aryl methyl sites for hydroxylation is 1. The number of ether oxygens (including phenoxy) is 2. The van der Waals surface area contributed by atoms with Crippen LogP contribution < -0.4 is 15.2 Å². The Bertz CT molecular complexity index is 922. The standard InChI is InChI=1S/C22H31N5O3/c1-4-20-17(2)23-22-26(18-5-7-19(29-3)8-6-18)15-25(16-27(22)21(20)28)10-9-24-11-13-30-14-12-24/h5-8H,4,9-16H2,1-3H3. The summed E-state index contributed by atoms with van der Waals surface area (Å²) in [6.07, 6.45) is 0.689. The van der Waals surface area contributed by atoms with Gasteiger partial charge in [-0.3, -0.25) is 24.1 Å². The second kappa shape index (κ2) is 9.16. The van der Waals surface area contributed by atoms with Crippen LogP contribution >= 0.6 is 0 Å². The highest BCUT2D eigenvalue weighted by Crippen LogP contribution is 2.29. The Hall–Kier alpha value is -2.42. The third-order valence-electron chi connectivity index (χ3n) is 5.95. The van der Waals surface area contributed by atoms with Crippen LogP contribution in [0.4, 0.5) is 11.6 Å². The highest BCUT2D eigenvalue weighted by Gasteiger charge is 2.28. The van der Waals surface area contributed by atoms with Crippen molar-refractivity contribution in [2.45, 2.75) is 26.9 Å². The summed E-state index contributed by atoms with van der Waals surface area (Å²) in [5, 5.41) is 0. The van der Waals surface area contributed by atoms with Gasteiger partial charge >= 0.3 is 0 Å². The molecular formula is C22H31N5O3. The molecule has 0 bridgehead atoms. The summed E-state index contributed by atoms with van der Waals surface area (Å²) in [7, 11) is 1.66. The van der Waals surface area contributed by atoms with E-state index in [0.717, 1.165) is 62.1 Å². The van der Waals surface area contributed by atoms with E-state index in [-0.39, 0.29) is 5.56 Å². The molecule has 1 aromatic heterocycles. The number of rotatable bonds is 6. The van der Waals surface area contributed by atoms with E-state index in [0.29, 0.717) is 25.7 Å². The van der Waals surface area contributed by atoms with Gasteiger partial charge in [-0.05, 0) is 37.6 Å². The van der Waals surface area contributed by atoms with Crippen LogP contribution in [0.25, 0.3) is 0 Å². The van der Waals surface area contributed by atoms with Gasteiger partial charge in [0.25, 0.3) is 5.56 Å². The average Bonchev–Trinajstić information content (AvgIpc) is 2.78. The maximum absolute atomic E-state index is 13.2. The lowest BCUT2D eigenvalue weighted by Crippen LogP contribution is -2.50. The molecule has 0 unspecified atom stereocenters. The number of hydrogen-bond acceptors (Lipinski definition) is 7. The number of benzene rings is 1. The van der Waals surface area contributed by atoms with E-state index < -0.39 is 0 Å². The zero-order chi connectivity index (χ0) is 21.1. The molecule has 0 amide bonds. The summed E-state index contributed by atoms with van der Waals surface area (Å²) in [5.41, 5.74) is 2.67. The van der Waals surface area contributed by atoms with Crippen molar-refractivity contribution in [3.63, 3.8) is 0 Å². The third-order valence-corrected chi connectivity index (χ3v) is 5.95. The number of morpholine rings is 1. The molecular weight excluding hydrogens is 382 g/mol. The number of nitrogens with zero attached hydrogens (tertiary/aromatic N) is 5. The molecule has 162 valence electrons. The van der Waals surface area contributed by atoms with Crippen molar-refractivity contribution in [1.29, 1.82) is 0 Å². The topological polar surface area (TPSA) is 63.1 Å². The number of anilines is 2. The molecule has 0 atom stereocenters. The quantitative estimate of drug-likeness (QED) is 0.716. The monoisotopic (exact) mass is 413 g/mol. The third kappa shape index (κ3) is 4.21. The Morgan fingerprint density at radius 2 is 1.77 bits per heavy atom. The fourth-order valence-electron chi connectivity index (χ4n) is 4.14. The van der Waals surface area contributed by atoms with Crippen molar-refractivity contribution in [2.24, 2.45) is 0 Å². The van der Waals surface area contributed by atoms with E-state index in [9.17, 15) is 4.79 Å². The lowest BCUT2D eigenvalue weighted by molar-refractivity contribution is 0.0310. The van der Waals surface area contributed by atoms with Crippen molar-refractivity contribution in [3.05, 3.63) is 45.9 Å². The van der Waals surface area contributed by atoms with Crippen LogP contribution in [0.5, 0.6) is 5.75 Å². The molecule has 1 fully saturated rings. The van der Waals surface area contributed by atoms with E-state index in [1.165, 1.54) is 0 Å². The first-order valence-electron chi connectivity index (χ1n) is 10.6. The van der Waals surface area contributed by atoms with Crippen LogP contribution in [0.1, 0.15) is 18.2 Å². The second-order valence-corrected chi connectivity index (χ2v) is 7.82. The Kier molecular flexibility index (Phi) is 6.36. The molecule has 0 saturated carbocycles. The molecule has 2 aliphatic rings. The fraction of sp³-hybridized carbons (Fsp3) is 0.545. The Labute approximate surface area is 177 Å². The Balaban J connectivity index is 1.64. The summed E-state index contributed by atoms with van der Waals surface area (Å²) in [5.74, 6) is 1.52. The van der Waals surface area contributed by atoms with Gasteiger partial charge in [-0.2, -0.15) is 0 Å². The van der Waals surface area contributed by atoms with Crippen LogP contribution in [0.3, 0.4) is 0 Å². The Morgan fingerprint density at radius 1 is 1.07 bits per heavy atom. The first-order valence-corrected chi connectivity index (χ1v) is 10.6. The molecule has 0 radical (unpaired) electrons. The summed E-state index contributed by atoms with van der Waals surface area (Å²) in [6.45, 7) is 10.6. The molecule has 2 aliphatic heterocycles. The van der Waals surface area contributed by atoms with Gasteiger partial charge in [0.15, 0.2) is 0 Å². The number of aromatic nitrogens is 2. The van der Waals surface area contributed by atoms with Gasteiger partial charge in [0.1, 0.15) is 5.75 Å². The lowest BCUT2D eigenvalue weighted by atomic mass is 10.2. The van der Waals surface area contributed by atoms with E-state index in [2.05, 4.69) is 14.7 Å². The highest BCUT2D eigenvalue weighted by molar-refractivity contribution is 5.59. The van der Waals surface area contributed by atoms with Gasteiger partial charge in [0.05, 0.1) is 33.7 Å². The van der Waals surface area contributed by atoms with E-state index >= 15 is 0 Å². The maximum atomic E-state index is 13.2. The molecule has 0 aliphatic carbocycles. The fourth-order valence-corrected chi connectivity index (χ4v) is 4.14. The van der Waals surface area contributed by atoms with Crippen molar-refractivity contribution in [1.82, 2.24) is 19.4 Å². The second-order valence-electron chi connectivity index (χ2n) is 7.82. The van der Waals surface area contributed by atoms with Crippen LogP contribution in [0, 0.1) is 6.92 Å². The predicted molar refractivity (Wildman–Crippen MR) is 117 cm³/mol. The zero-order valence-corrected chi connectivity index (χ0v) is 18.1. The van der Waals surface area contributed by atoms with Crippen LogP contribution in [0.15, 0.2) is 29.1 Å². The molecule has 1 saturated heterocycles. The average molecular weight is 414 g/mol. The van der Waals surface area contributed by atoms with Gasteiger partial charge in [-0.15, -0.1) is 0 Å². The molecule has 1 aromatic carbocycles. The minimum atomic E-state index is 0.0644. The molecule has 30 heavy (non-hydrogen) atoms. The molecule has 2 aromatic rings. The number of methoxy groups -OCH3 is 1. The first kappa shape index (κ1) is 20.8. The van der Waals surface area contributed by atoms with Crippen molar-refractivity contribution in [3.8, 4) is 5.75 Å². The van der Waals surface area contributed by atoms with Crippen molar-refractivity contribution >= 4 is 11.6 Å². The van der Waals surface area contributed by atoms with Crippen LogP contribution in [-0.2, 0) is 17.8 Å². The molecule has 8 nitrogen and oxygen atoms in total. The molecule has 0 spiro atoms. The molecule has 0 N–H and O–H groups in total. The van der Waals surface area contributed by atoms with Crippen molar-refractivity contribution in [2.75, 3.05) is 58.1 Å². The molecule has 4 rings (SSSR count). The Morgan fingerprint density at radius 3 is 2.43 bits per heavy atom. The van der Waals surface area contributed by atoms with Crippen molar-refractivity contribution < 1.29 is 9.47 Å². The van der Waals surface area contributed by atoms with E-state index in [1.807, 2.05) is 42.7 Å². The van der Waals surface area contributed by atoms with Crippen LogP contribution in [0.2, 0.25) is 0 Å². The maximum Gasteiger partial charge on any atom is 0.259 e. The smallest absolute Gasteiger partial charge is 0.259 e. The van der Waals surface area contributed by atoms with Gasteiger partial charge in [-0.25, -0.2) is 4.98 Å². The minimum absolute atomic E-state index is 0.0644. The van der Waals surface area contributed by atoms with Crippen LogP contribution in [-0.4, -0.2) is 72.5 Å². The zero-order valence-electron chi connectivity index (χ0n) is 18.1. The largest absolute Gasteiger partial charge is 0.497 e. The molecule has 3 heterocycles. The highest BCUT2D eigenvalue weighted by atomic mass is 16.5. The summed E-state index contributed by atoms with van der Waals surface area (Å²) in [6, 6.07) is 7.92. The summed E-state index contributed by atoms with van der Waals surface area (Å²) in [4.78, 5) is 24.9. The number of hydrogen-bond donors (Lipinski definition) is 0. The van der Waals surface area contributed by atoms with E-state index in [1.54, 1.807) is 7.11 Å². The SMILES string of the molecule is CCc1c(C)nc2n(c1=O)CN(CCN1CCOCC1)CN2c1ccc(OC)cc1. The van der Waals surface area contributed by atoms with Gasteiger partial charge in [0, 0.05) is 43.1 Å². The van der Waals surface area contributed by atoms with Gasteiger partial charge in [-0.1, -0.05) is 6.92 Å². The number of fused-ring (bicyclic) bond motifs is 1. The minimum Gasteiger partial charge on any atom is -0.497 e. The normalized spacial score (nSPS) is 17.8. The van der Waals surface area contributed by atoms with Gasteiger partial charge < -0.3 is 9.47 Å². The summed E-state index contributed by atoms with van der Waals surface area (Å²) < 4.78 is 12.6. The predicted octanol–water partition coefficient (Wildman–Crippen LogP) is 1.82.